The first-order chi connectivity index (χ1) is 6.00. The summed E-state index contributed by atoms with van der Waals surface area (Å²) in [5, 5.41) is 8.76. The maximum absolute atomic E-state index is 13.2. The molecular formula is C9H12F2O2. The molecule has 0 spiro atoms. The maximum atomic E-state index is 13.2. The SMILES string of the molecule is O=C(O)[C@@H]1C[C@@H]2CC[C@H]1C(F)(F)C2. The van der Waals surface area contributed by atoms with Crippen molar-refractivity contribution < 1.29 is 18.7 Å². The Morgan fingerprint density at radius 2 is 2.08 bits per heavy atom. The van der Waals surface area contributed by atoms with Crippen molar-refractivity contribution in [3.8, 4) is 0 Å². The van der Waals surface area contributed by atoms with Gasteiger partial charge in [-0.2, -0.15) is 0 Å². The lowest BCUT2D eigenvalue weighted by molar-refractivity contribution is -0.179. The van der Waals surface area contributed by atoms with Gasteiger partial charge in [0.2, 0.25) is 0 Å². The lowest BCUT2D eigenvalue weighted by Crippen LogP contribution is -2.48. The number of aliphatic carboxylic acids is 1. The minimum Gasteiger partial charge on any atom is -0.481 e. The van der Waals surface area contributed by atoms with Crippen molar-refractivity contribution in [2.75, 3.05) is 0 Å². The molecule has 3 aliphatic rings. The fourth-order valence-electron chi connectivity index (χ4n) is 2.76. The summed E-state index contributed by atoms with van der Waals surface area (Å²) in [4.78, 5) is 10.7. The monoisotopic (exact) mass is 190 g/mol. The van der Waals surface area contributed by atoms with Crippen molar-refractivity contribution >= 4 is 5.97 Å². The molecule has 0 unspecified atom stereocenters. The smallest absolute Gasteiger partial charge is 0.307 e. The molecule has 0 aliphatic heterocycles. The first kappa shape index (κ1) is 8.91. The van der Waals surface area contributed by atoms with E-state index in [0.29, 0.717) is 12.8 Å². The molecule has 0 radical (unpaired) electrons. The van der Waals surface area contributed by atoms with E-state index in [9.17, 15) is 13.6 Å². The molecule has 1 N–H and O–H groups in total. The average molecular weight is 190 g/mol. The predicted octanol–water partition coefficient (Wildman–Crippen LogP) is 2.14. The highest BCUT2D eigenvalue weighted by Gasteiger charge is 2.55. The molecule has 0 heterocycles. The van der Waals surface area contributed by atoms with Crippen molar-refractivity contribution in [3.05, 3.63) is 0 Å². The number of carbonyl (C=O) groups is 1. The third-order valence-corrected chi connectivity index (χ3v) is 3.38. The first-order valence-corrected chi connectivity index (χ1v) is 4.61. The zero-order valence-corrected chi connectivity index (χ0v) is 7.17. The highest BCUT2D eigenvalue weighted by atomic mass is 19.3. The zero-order valence-electron chi connectivity index (χ0n) is 7.17. The predicted molar refractivity (Wildman–Crippen MR) is 41.5 cm³/mol. The van der Waals surface area contributed by atoms with Gasteiger partial charge in [-0.3, -0.25) is 4.79 Å². The Balaban J connectivity index is 2.22. The number of halogens is 2. The Morgan fingerprint density at radius 1 is 1.38 bits per heavy atom. The Bertz CT molecular complexity index is 240. The summed E-state index contributed by atoms with van der Waals surface area (Å²) in [6, 6.07) is 0. The van der Waals surface area contributed by atoms with E-state index in [4.69, 9.17) is 5.11 Å². The molecule has 4 heteroatoms. The summed E-state index contributed by atoms with van der Waals surface area (Å²) in [7, 11) is 0. The maximum Gasteiger partial charge on any atom is 0.307 e. The topological polar surface area (TPSA) is 37.3 Å². The average Bonchev–Trinajstić information content (AvgIpc) is 2.02. The van der Waals surface area contributed by atoms with Gasteiger partial charge in [-0.15, -0.1) is 0 Å². The Morgan fingerprint density at radius 3 is 2.46 bits per heavy atom. The van der Waals surface area contributed by atoms with Gasteiger partial charge in [-0.1, -0.05) is 0 Å². The number of fused-ring (bicyclic) bond motifs is 3. The van der Waals surface area contributed by atoms with Crippen LogP contribution in [0.3, 0.4) is 0 Å². The molecule has 3 atom stereocenters. The molecule has 0 saturated heterocycles. The Labute approximate surface area is 74.9 Å². The van der Waals surface area contributed by atoms with Gasteiger partial charge < -0.3 is 5.11 Å². The Hall–Kier alpha value is -0.670. The van der Waals surface area contributed by atoms with Crippen LogP contribution in [-0.2, 0) is 4.79 Å². The second-order valence-corrected chi connectivity index (χ2v) is 4.20. The number of carboxylic acids is 1. The van der Waals surface area contributed by atoms with Crippen LogP contribution in [0, 0.1) is 17.8 Å². The van der Waals surface area contributed by atoms with Crippen LogP contribution in [0.15, 0.2) is 0 Å². The van der Waals surface area contributed by atoms with Crippen LogP contribution < -0.4 is 0 Å². The van der Waals surface area contributed by atoms with Gasteiger partial charge in [0.25, 0.3) is 5.92 Å². The standard InChI is InChI=1S/C9H12F2O2/c10-9(11)4-5-1-2-7(9)6(3-5)8(12)13/h5-7H,1-4H2,(H,12,13)/t5-,6+,7+/m0/s1. The van der Waals surface area contributed by atoms with Crippen molar-refractivity contribution in [2.24, 2.45) is 17.8 Å². The van der Waals surface area contributed by atoms with Gasteiger partial charge in [0.15, 0.2) is 0 Å². The van der Waals surface area contributed by atoms with E-state index in [2.05, 4.69) is 0 Å². The van der Waals surface area contributed by atoms with E-state index in [1.54, 1.807) is 0 Å². The number of hydrogen-bond acceptors (Lipinski definition) is 1. The third kappa shape index (κ3) is 1.32. The molecule has 2 bridgehead atoms. The molecule has 3 aliphatic carbocycles. The molecule has 3 fully saturated rings. The van der Waals surface area contributed by atoms with Gasteiger partial charge in [-0.25, -0.2) is 8.78 Å². The number of hydrogen-bond donors (Lipinski definition) is 1. The van der Waals surface area contributed by atoms with Crippen molar-refractivity contribution in [1.82, 2.24) is 0 Å². The molecule has 2 nitrogen and oxygen atoms in total. The highest BCUT2D eigenvalue weighted by Crippen LogP contribution is 2.53. The second kappa shape index (κ2) is 2.66. The zero-order chi connectivity index (χ0) is 9.64. The van der Waals surface area contributed by atoms with Gasteiger partial charge in [0.05, 0.1) is 5.92 Å². The lowest BCUT2D eigenvalue weighted by atomic mass is 9.62. The minimum absolute atomic E-state index is 0.0684. The largest absolute Gasteiger partial charge is 0.481 e. The summed E-state index contributed by atoms with van der Waals surface area (Å²) in [5.41, 5.74) is 0. The molecule has 0 aromatic carbocycles. The number of carboxylic acid groups (broad SMARTS) is 1. The summed E-state index contributed by atoms with van der Waals surface area (Å²) < 4.78 is 26.5. The van der Waals surface area contributed by atoms with Crippen LogP contribution in [0.25, 0.3) is 0 Å². The molecule has 3 rings (SSSR count). The van der Waals surface area contributed by atoms with Gasteiger partial charge >= 0.3 is 5.97 Å². The van der Waals surface area contributed by atoms with Crippen LogP contribution in [0.2, 0.25) is 0 Å². The van der Waals surface area contributed by atoms with Crippen LogP contribution in [-0.4, -0.2) is 17.0 Å². The molecular weight excluding hydrogens is 178 g/mol. The molecule has 0 aromatic heterocycles. The second-order valence-electron chi connectivity index (χ2n) is 4.20. The van der Waals surface area contributed by atoms with Crippen LogP contribution in [0.1, 0.15) is 25.7 Å². The minimum atomic E-state index is -2.73. The van der Waals surface area contributed by atoms with Gasteiger partial charge in [-0.05, 0) is 25.2 Å². The fourth-order valence-corrected chi connectivity index (χ4v) is 2.76. The van der Waals surface area contributed by atoms with Crippen LogP contribution >= 0.6 is 0 Å². The fraction of sp³-hybridized carbons (Fsp3) is 0.889. The summed E-state index contributed by atoms with van der Waals surface area (Å²) in [6.45, 7) is 0. The van der Waals surface area contributed by atoms with Gasteiger partial charge in [0, 0.05) is 12.3 Å². The Kier molecular flexibility index (Phi) is 1.82. The first-order valence-electron chi connectivity index (χ1n) is 4.61. The van der Waals surface area contributed by atoms with Crippen molar-refractivity contribution in [3.63, 3.8) is 0 Å². The number of rotatable bonds is 1. The summed E-state index contributed by atoms with van der Waals surface area (Å²) in [6.07, 6.45) is 1.52. The quantitative estimate of drug-likeness (QED) is 0.687. The molecule has 0 aromatic rings. The normalized spacial score (nSPS) is 41.8. The van der Waals surface area contributed by atoms with Gasteiger partial charge in [0.1, 0.15) is 0 Å². The molecule has 74 valence electrons. The van der Waals surface area contributed by atoms with E-state index >= 15 is 0 Å². The van der Waals surface area contributed by atoms with Crippen LogP contribution in [0.4, 0.5) is 8.78 Å². The van der Waals surface area contributed by atoms with E-state index in [0.717, 1.165) is 6.42 Å². The van der Waals surface area contributed by atoms with E-state index in [-0.39, 0.29) is 12.3 Å². The van der Waals surface area contributed by atoms with Crippen molar-refractivity contribution in [1.29, 1.82) is 0 Å². The summed E-state index contributed by atoms with van der Waals surface area (Å²) in [5.74, 6) is -5.56. The number of alkyl halides is 2. The molecule has 0 amide bonds. The van der Waals surface area contributed by atoms with Crippen molar-refractivity contribution in [2.45, 2.75) is 31.6 Å². The molecule has 13 heavy (non-hydrogen) atoms. The van der Waals surface area contributed by atoms with E-state index < -0.39 is 23.7 Å². The third-order valence-electron chi connectivity index (χ3n) is 3.38. The lowest BCUT2D eigenvalue weighted by Gasteiger charge is -2.45. The van der Waals surface area contributed by atoms with E-state index in [1.807, 2.05) is 0 Å². The molecule has 3 saturated carbocycles. The van der Waals surface area contributed by atoms with Crippen LogP contribution in [0.5, 0.6) is 0 Å². The summed E-state index contributed by atoms with van der Waals surface area (Å²) >= 11 is 0. The van der Waals surface area contributed by atoms with E-state index in [1.165, 1.54) is 0 Å². The highest BCUT2D eigenvalue weighted by molar-refractivity contribution is 5.71.